The van der Waals surface area contributed by atoms with Gasteiger partial charge in [-0.1, -0.05) is 41.9 Å². The van der Waals surface area contributed by atoms with E-state index in [9.17, 15) is 9.59 Å². The molecule has 9 nitrogen and oxygen atoms in total. The fourth-order valence-electron chi connectivity index (χ4n) is 3.89. The van der Waals surface area contributed by atoms with Crippen molar-refractivity contribution in [1.82, 2.24) is 20.1 Å². The monoisotopic (exact) mass is 521 g/mol. The first-order chi connectivity index (χ1) is 17.5. The molecule has 0 spiro atoms. The molecule has 4 aromatic rings. The van der Waals surface area contributed by atoms with Crippen LogP contribution in [0.2, 0.25) is 4.34 Å². The lowest BCUT2D eigenvalue weighted by Gasteiger charge is -2.33. The van der Waals surface area contributed by atoms with E-state index in [1.54, 1.807) is 30.6 Å². The molecule has 4 heterocycles. The molecule has 5 rings (SSSR count). The lowest BCUT2D eigenvalue weighted by atomic mass is 9.97. The van der Waals surface area contributed by atoms with Gasteiger partial charge in [-0.15, -0.1) is 11.3 Å². The summed E-state index contributed by atoms with van der Waals surface area (Å²) in [7, 11) is 0. The Morgan fingerprint density at radius 3 is 2.56 bits per heavy atom. The number of carbonyl (C=O) groups excluding carboxylic acids is 2. The number of ether oxygens (including phenoxy) is 2. The summed E-state index contributed by atoms with van der Waals surface area (Å²) < 4.78 is 13.2. The van der Waals surface area contributed by atoms with E-state index in [-0.39, 0.29) is 12.0 Å². The summed E-state index contributed by atoms with van der Waals surface area (Å²) >= 11 is 7.45. The van der Waals surface area contributed by atoms with Gasteiger partial charge in [0.05, 0.1) is 14.8 Å². The van der Waals surface area contributed by atoms with E-state index in [4.69, 9.17) is 26.8 Å². The highest BCUT2D eigenvalue weighted by molar-refractivity contribution is 7.19. The van der Waals surface area contributed by atoms with E-state index in [0.29, 0.717) is 15.8 Å². The van der Waals surface area contributed by atoms with Gasteiger partial charge in [0.25, 0.3) is 5.91 Å². The first kappa shape index (κ1) is 23.6. The zero-order chi connectivity index (χ0) is 25.1. The minimum Gasteiger partial charge on any atom is -0.447 e. The lowest BCUT2D eigenvalue weighted by molar-refractivity contribution is -0.182. The van der Waals surface area contributed by atoms with E-state index < -0.39 is 23.6 Å². The van der Waals surface area contributed by atoms with Crippen LogP contribution in [0.3, 0.4) is 0 Å². The molecule has 0 fully saturated rings. The number of nitrogens with two attached hydrogens (primary N) is 1. The number of halogens is 1. The van der Waals surface area contributed by atoms with Gasteiger partial charge in [0.1, 0.15) is 24.3 Å². The Balaban J connectivity index is 1.46. The van der Waals surface area contributed by atoms with Crippen LogP contribution in [-0.4, -0.2) is 38.4 Å². The van der Waals surface area contributed by atoms with Crippen LogP contribution in [0.25, 0.3) is 16.4 Å². The van der Waals surface area contributed by atoms with Crippen molar-refractivity contribution >= 4 is 34.8 Å². The highest BCUT2D eigenvalue weighted by atomic mass is 35.5. The maximum Gasteiger partial charge on any atom is 0.352 e. The van der Waals surface area contributed by atoms with Crippen molar-refractivity contribution < 1.29 is 19.1 Å². The van der Waals surface area contributed by atoms with Crippen molar-refractivity contribution in [2.75, 3.05) is 0 Å². The fourth-order valence-corrected chi connectivity index (χ4v) is 4.89. The second-order valence-electron chi connectivity index (χ2n) is 7.88. The van der Waals surface area contributed by atoms with Crippen molar-refractivity contribution in [3.05, 3.63) is 101 Å². The molecule has 1 aliphatic heterocycles. The summed E-state index contributed by atoms with van der Waals surface area (Å²) in [4.78, 5) is 31.3. The molecule has 2 amide bonds. The van der Waals surface area contributed by atoms with Gasteiger partial charge in [0.2, 0.25) is 0 Å². The molecule has 36 heavy (non-hydrogen) atoms. The molecule has 0 radical (unpaired) electrons. The van der Waals surface area contributed by atoms with E-state index in [0.717, 1.165) is 10.4 Å². The van der Waals surface area contributed by atoms with Crippen molar-refractivity contribution in [2.24, 2.45) is 5.73 Å². The Bertz CT molecular complexity index is 1430. The van der Waals surface area contributed by atoms with Crippen LogP contribution in [0.1, 0.15) is 15.9 Å². The van der Waals surface area contributed by atoms with Crippen molar-refractivity contribution in [3.8, 4) is 16.4 Å². The smallest absolute Gasteiger partial charge is 0.352 e. The Morgan fingerprint density at radius 2 is 1.86 bits per heavy atom. The van der Waals surface area contributed by atoms with Gasteiger partial charge in [-0.3, -0.25) is 9.59 Å². The predicted octanol–water partition coefficient (Wildman–Crippen LogP) is 3.69. The lowest BCUT2D eigenvalue weighted by Crippen LogP contribution is -2.61. The highest BCUT2D eigenvalue weighted by Crippen LogP contribution is 2.30. The van der Waals surface area contributed by atoms with Crippen LogP contribution in [0.15, 0.2) is 85.6 Å². The minimum absolute atomic E-state index is 0.220. The summed E-state index contributed by atoms with van der Waals surface area (Å²) in [6.45, 7) is 0. The van der Waals surface area contributed by atoms with Crippen molar-refractivity contribution in [1.29, 1.82) is 0 Å². The average molecular weight is 522 g/mol. The Labute approximate surface area is 215 Å². The Hall–Kier alpha value is -4.15. The van der Waals surface area contributed by atoms with Crippen molar-refractivity contribution in [2.45, 2.75) is 18.2 Å². The van der Waals surface area contributed by atoms with Gasteiger partial charge in [0.15, 0.2) is 5.82 Å². The topological polar surface area (TPSA) is 121 Å². The number of hydrogen-bond acceptors (Lipinski definition) is 7. The van der Waals surface area contributed by atoms with Crippen LogP contribution >= 0.6 is 22.9 Å². The summed E-state index contributed by atoms with van der Waals surface area (Å²) in [5.74, 6) is -2.96. The standard InChI is InChI=1S/C25H20ClN5O4S/c26-21-9-8-19(36-21)18-10-12-31(30-18)22-17(7-4-11-28-22)23(32)29-20(15-16-5-2-1-3-6-16)25(24(27)33)34-13-14-35-25/h1-14,20H,15H2,(H2,27,33)(H,29,32). The number of benzene rings is 1. The number of aromatic nitrogens is 3. The van der Waals surface area contributed by atoms with Crippen molar-refractivity contribution in [3.63, 3.8) is 0 Å². The maximum absolute atomic E-state index is 13.5. The molecule has 182 valence electrons. The first-order valence-corrected chi connectivity index (χ1v) is 12.1. The number of carbonyl (C=O) groups is 2. The number of nitrogens with zero attached hydrogens (tertiary/aromatic N) is 3. The zero-order valence-electron chi connectivity index (χ0n) is 18.7. The SMILES string of the molecule is NC(=O)C1(C(Cc2ccccc2)NC(=O)c2cccnc2-n2ccc(-c3ccc(Cl)s3)n2)OC=CO1. The molecule has 1 aromatic carbocycles. The largest absolute Gasteiger partial charge is 0.447 e. The molecule has 3 aromatic heterocycles. The Morgan fingerprint density at radius 1 is 1.08 bits per heavy atom. The summed E-state index contributed by atoms with van der Waals surface area (Å²) in [6.07, 6.45) is 5.95. The van der Waals surface area contributed by atoms with E-state index in [1.807, 2.05) is 42.5 Å². The first-order valence-electron chi connectivity index (χ1n) is 10.9. The molecule has 1 atom stereocenters. The molecule has 3 N–H and O–H groups in total. The molecule has 0 bridgehead atoms. The fraction of sp³-hybridized carbons (Fsp3) is 0.120. The van der Waals surface area contributed by atoms with Crippen LogP contribution < -0.4 is 11.1 Å². The molecule has 1 aliphatic rings. The molecule has 1 unspecified atom stereocenters. The highest BCUT2D eigenvalue weighted by Gasteiger charge is 2.51. The molecule has 0 aliphatic carbocycles. The number of thiophene rings is 1. The third-order valence-electron chi connectivity index (χ3n) is 5.60. The number of hydrogen-bond donors (Lipinski definition) is 2. The zero-order valence-corrected chi connectivity index (χ0v) is 20.3. The number of nitrogens with one attached hydrogen (secondary N) is 1. The van der Waals surface area contributed by atoms with E-state index in [2.05, 4.69) is 15.4 Å². The van der Waals surface area contributed by atoms with Gasteiger partial charge in [-0.25, -0.2) is 9.67 Å². The number of primary amides is 1. The van der Waals surface area contributed by atoms with Crippen LogP contribution in [-0.2, 0) is 20.7 Å². The van der Waals surface area contributed by atoms with Crippen LogP contribution in [0.5, 0.6) is 0 Å². The van der Waals surface area contributed by atoms with Gasteiger partial charge >= 0.3 is 11.7 Å². The van der Waals surface area contributed by atoms with E-state index >= 15 is 0 Å². The number of rotatable bonds is 8. The van der Waals surface area contributed by atoms with Gasteiger partial charge in [-0.05, 0) is 35.9 Å². The minimum atomic E-state index is -1.90. The van der Waals surface area contributed by atoms with Crippen LogP contribution in [0.4, 0.5) is 0 Å². The summed E-state index contributed by atoms with van der Waals surface area (Å²) in [5, 5.41) is 7.44. The molecular weight excluding hydrogens is 502 g/mol. The molecular formula is C25H20ClN5O4S. The van der Waals surface area contributed by atoms with Gasteiger partial charge in [0, 0.05) is 18.8 Å². The second-order valence-corrected chi connectivity index (χ2v) is 9.59. The van der Waals surface area contributed by atoms with Crippen LogP contribution in [0, 0.1) is 0 Å². The molecule has 11 heteroatoms. The van der Waals surface area contributed by atoms with Gasteiger partial charge in [-0.2, -0.15) is 5.10 Å². The number of amides is 2. The third kappa shape index (κ3) is 4.56. The predicted molar refractivity (Wildman–Crippen MR) is 134 cm³/mol. The summed E-state index contributed by atoms with van der Waals surface area (Å²) in [5.41, 5.74) is 7.44. The molecule has 0 saturated heterocycles. The number of pyridine rings is 1. The maximum atomic E-state index is 13.5. The quantitative estimate of drug-likeness (QED) is 0.365. The average Bonchev–Trinajstić information content (AvgIpc) is 3.65. The van der Waals surface area contributed by atoms with Gasteiger partial charge < -0.3 is 20.5 Å². The Kier molecular flexibility index (Phi) is 6.45. The third-order valence-corrected chi connectivity index (χ3v) is 6.85. The molecule has 0 saturated carbocycles. The summed E-state index contributed by atoms with van der Waals surface area (Å²) in [6, 6.07) is 17.1. The normalized spacial score (nSPS) is 14.6. The second kappa shape index (κ2) is 9.84. The van der Waals surface area contributed by atoms with E-state index in [1.165, 1.54) is 28.5 Å².